The quantitative estimate of drug-likeness (QED) is 0.816. The van der Waals surface area contributed by atoms with Crippen LogP contribution in [0.5, 0.6) is 0 Å². The van der Waals surface area contributed by atoms with Crippen molar-refractivity contribution in [3.8, 4) is 6.07 Å². The maximum absolute atomic E-state index is 12.2. The van der Waals surface area contributed by atoms with Crippen molar-refractivity contribution in [2.24, 2.45) is 5.92 Å². The number of nitriles is 1. The summed E-state index contributed by atoms with van der Waals surface area (Å²) in [6.45, 7) is 4.12. The van der Waals surface area contributed by atoms with Crippen LogP contribution in [0.15, 0.2) is 23.2 Å². The molecule has 0 unspecified atom stereocenters. The van der Waals surface area contributed by atoms with E-state index in [2.05, 4.69) is 10.3 Å². The summed E-state index contributed by atoms with van der Waals surface area (Å²) < 4.78 is 25.4. The van der Waals surface area contributed by atoms with E-state index in [9.17, 15) is 13.2 Å². The molecule has 0 aliphatic rings. The van der Waals surface area contributed by atoms with Crippen molar-refractivity contribution in [2.75, 3.05) is 20.1 Å². The van der Waals surface area contributed by atoms with E-state index < -0.39 is 10.0 Å². The van der Waals surface area contributed by atoms with Crippen LogP contribution in [0.4, 0.5) is 0 Å². The molecule has 1 aromatic rings. The summed E-state index contributed by atoms with van der Waals surface area (Å²) >= 11 is 0. The van der Waals surface area contributed by atoms with Crippen LogP contribution in [-0.4, -0.2) is 43.8 Å². The Bertz CT molecular complexity index is 632. The highest BCUT2D eigenvalue weighted by Gasteiger charge is 2.23. The van der Waals surface area contributed by atoms with Gasteiger partial charge in [0.1, 0.15) is 16.7 Å². The number of pyridine rings is 1. The van der Waals surface area contributed by atoms with Crippen LogP contribution in [0, 0.1) is 17.2 Å². The average Bonchev–Trinajstić information content (AvgIpc) is 2.45. The number of nitrogens with zero attached hydrogens (tertiary/aromatic N) is 3. The van der Waals surface area contributed by atoms with Gasteiger partial charge in [-0.2, -0.15) is 9.57 Å². The van der Waals surface area contributed by atoms with E-state index in [1.165, 1.54) is 19.2 Å². The third-order valence-corrected chi connectivity index (χ3v) is 4.42. The van der Waals surface area contributed by atoms with Crippen LogP contribution in [0.2, 0.25) is 0 Å². The first-order valence-electron chi connectivity index (χ1n) is 6.36. The van der Waals surface area contributed by atoms with Gasteiger partial charge in [-0.15, -0.1) is 0 Å². The minimum atomic E-state index is -3.80. The fourth-order valence-electron chi connectivity index (χ4n) is 1.44. The van der Waals surface area contributed by atoms with Crippen molar-refractivity contribution in [3.63, 3.8) is 0 Å². The van der Waals surface area contributed by atoms with Gasteiger partial charge in [-0.05, 0) is 18.1 Å². The van der Waals surface area contributed by atoms with E-state index in [0.29, 0.717) is 12.5 Å². The Morgan fingerprint density at radius 2 is 2.14 bits per heavy atom. The lowest BCUT2D eigenvalue weighted by atomic mass is 10.2. The lowest BCUT2D eigenvalue weighted by molar-refractivity contribution is -0.121. The van der Waals surface area contributed by atoms with Crippen LogP contribution in [0.25, 0.3) is 0 Å². The molecule has 0 spiro atoms. The molecule has 0 aliphatic heterocycles. The Balaban J connectivity index is 2.77. The first-order chi connectivity index (χ1) is 9.77. The van der Waals surface area contributed by atoms with Gasteiger partial charge in [0.25, 0.3) is 0 Å². The number of carbonyl (C=O) groups is 1. The highest BCUT2D eigenvalue weighted by atomic mass is 32.2. The number of hydrogen-bond donors (Lipinski definition) is 1. The lowest BCUT2D eigenvalue weighted by Gasteiger charge is -2.17. The highest BCUT2D eigenvalue weighted by molar-refractivity contribution is 7.89. The van der Waals surface area contributed by atoms with Crippen molar-refractivity contribution in [3.05, 3.63) is 24.0 Å². The molecule has 0 saturated carbocycles. The fourth-order valence-corrected chi connectivity index (χ4v) is 2.51. The van der Waals surface area contributed by atoms with E-state index in [1.807, 2.05) is 19.9 Å². The molecule has 1 amide bonds. The predicted molar refractivity (Wildman–Crippen MR) is 76.6 cm³/mol. The van der Waals surface area contributed by atoms with Gasteiger partial charge in [-0.3, -0.25) is 4.79 Å². The molecule has 1 aromatic heterocycles. The Hall–Kier alpha value is -1.98. The molecular formula is C13H18N4O3S. The van der Waals surface area contributed by atoms with Gasteiger partial charge >= 0.3 is 0 Å². The summed E-state index contributed by atoms with van der Waals surface area (Å²) in [5.74, 6) is -0.0741. The number of rotatable bonds is 6. The number of likely N-dealkylation sites (N-methyl/N-ethyl adjacent to an activating group) is 1. The zero-order valence-corrected chi connectivity index (χ0v) is 13.0. The third-order valence-electron chi connectivity index (χ3n) is 2.63. The smallest absolute Gasteiger partial charge is 0.244 e. The summed E-state index contributed by atoms with van der Waals surface area (Å²) in [6.07, 6.45) is 1.11. The number of hydrogen-bond acceptors (Lipinski definition) is 5. The Morgan fingerprint density at radius 3 is 2.62 bits per heavy atom. The Kier molecular flexibility index (Phi) is 5.81. The fraction of sp³-hybridized carbons (Fsp3) is 0.462. The van der Waals surface area contributed by atoms with Gasteiger partial charge in [0.15, 0.2) is 0 Å². The number of sulfonamides is 1. The maximum atomic E-state index is 12.2. The van der Waals surface area contributed by atoms with E-state index in [-0.39, 0.29) is 23.0 Å². The molecule has 0 atom stereocenters. The normalized spacial score (nSPS) is 11.4. The van der Waals surface area contributed by atoms with Gasteiger partial charge < -0.3 is 5.32 Å². The summed E-state index contributed by atoms with van der Waals surface area (Å²) in [5.41, 5.74) is 0.131. The molecule has 0 aliphatic carbocycles. The standard InChI is InChI=1S/C13H18N4O3S/c1-10(2)7-16-13(18)9-17(3)21(19,20)12-5-4-11(6-14)15-8-12/h4-5,8,10H,7,9H2,1-3H3,(H,16,18). The van der Waals surface area contributed by atoms with Crippen LogP contribution >= 0.6 is 0 Å². The molecule has 21 heavy (non-hydrogen) atoms. The number of aromatic nitrogens is 1. The summed E-state index contributed by atoms with van der Waals surface area (Å²) in [6, 6.07) is 4.42. The predicted octanol–water partition coefficient (Wildman–Crippen LogP) is 0.346. The average molecular weight is 310 g/mol. The second-order valence-electron chi connectivity index (χ2n) is 4.95. The van der Waals surface area contributed by atoms with Gasteiger partial charge in [-0.25, -0.2) is 13.4 Å². The molecule has 0 saturated heterocycles. The zero-order valence-electron chi connectivity index (χ0n) is 12.2. The van der Waals surface area contributed by atoms with Crippen LogP contribution in [0.1, 0.15) is 19.5 Å². The second-order valence-corrected chi connectivity index (χ2v) is 6.99. The van der Waals surface area contributed by atoms with Crippen molar-refractivity contribution in [1.82, 2.24) is 14.6 Å². The molecular weight excluding hydrogens is 292 g/mol. The van der Waals surface area contributed by atoms with E-state index in [1.54, 1.807) is 0 Å². The topological polar surface area (TPSA) is 103 Å². The first-order valence-corrected chi connectivity index (χ1v) is 7.80. The zero-order chi connectivity index (χ0) is 16.0. The van der Waals surface area contributed by atoms with Crippen molar-refractivity contribution < 1.29 is 13.2 Å². The number of nitrogens with one attached hydrogen (secondary N) is 1. The van der Waals surface area contributed by atoms with Gasteiger partial charge in [0.05, 0.1) is 6.54 Å². The van der Waals surface area contributed by atoms with Crippen molar-refractivity contribution in [1.29, 1.82) is 5.26 Å². The number of carbonyl (C=O) groups excluding carboxylic acids is 1. The number of amides is 1. The Morgan fingerprint density at radius 1 is 1.48 bits per heavy atom. The molecule has 1 N–H and O–H groups in total. The monoisotopic (exact) mass is 310 g/mol. The SMILES string of the molecule is CC(C)CNC(=O)CN(C)S(=O)(=O)c1ccc(C#N)nc1. The van der Waals surface area contributed by atoms with Crippen LogP contribution in [0.3, 0.4) is 0 Å². The third kappa shape index (κ3) is 4.81. The van der Waals surface area contributed by atoms with E-state index in [0.717, 1.165) is 10.5 Å². The second kappa shape index (κ2) is 7.15. The summed E-state index contributed by atoms with van der Waals surface area (Å²) in [4.78, 5) is 15.3. The van der Waals surface area contributed by atoms with Crippen LogP contribution < -0.4 is 5.32 Å². The van der Waals surface area contributed by atoms with Gasteiger partial charge in [-0.1, -0.05) is 13.8 Å². The lowest BCUT2D eigenvalue weighted by Crippen LogP contribution is -2.39. The molecule has 0 fully saturated rings. The molecule has 0 radical (unpaired) electrons. The maximum Gasteiger partial charge on any atom is 0.244 e. The van der Waals surface area contributed by atoms with Gasteiger partial charge in [0.2, 0.25) is 15.9 Å². The highest BCUT2D eigenvalue weighted by Crippen LogP contribution is 2.12. The molecule has 0 bridgehead atoms. The molecule has 1 heterocycles. The molecule has 1 rings (SSSR count). The molecule has 0 aromatic carbocycles. The Labute approximate surface area is 124 Å². The van der Waals surface area contributed by atoms with E-state index in [4.69, 9.17) is 5.26 Å². The summed E-state index contributed by atoms with van der Waals surface area (Å²) in [7, 11) is -2.48. The van der Waals surface area contributed by atoms with Crippen LogP contribution in [-0.2, 0) is 14.8 Å². The van der Waals surface area contributed by atoms with E-state index >= 15 is 0 Å². The molecule has 8 heteroatoms. The minimum absolute atomic E-state index is 0.0549. The molecule has 114 valence electrons. The molecule has 7 nitrogen and oxygen atoms in total. The summed E-state index contributed by atoms with van der Waals surface area (Å²) in [5, 5.41) is 11.3. The van der Waals surface area contributed by atoms with Crippen molar-refractivity contribution >= 4 is 15.9 Å². The van der Waals surface area contributed by atoms with Gasteiger partial charge in [0, 0.05) is 19.8 Å². The van der Waals surface area contributed by atoms with Crippen molar-refractivity contribution in [2.45, 2.75) is 18.7 Å². The largest absolute Gasteiger partial charge is 0.355 e. The minimum Gasteiger partial charge on any atom is -0.355 e. The first kappa shape index (κ1) is 17.1.